The summed E-state index contributed by atoms with van der Waals surface area (Å²) in [5.41, 5.74) is 5.31. The highest BCUT2D eigenvalue weighted by Crippen LogP contribution is 2.13. The number of carbonyl (C=O) groups is 6. The average molecular weight is 445 g/mol. The number of thioether (sulfide) groups is 1. The lowest BCUT2D eigenvalue weighted by molar-refractivity contribution is -0.197. The molecule has 1 unspecified atom stereocenters. The highest BCUT2D eigenvalue weighted by Gasteiger charge is 2.32. The molecule has 168 valence electrons. The van der Waals surface area contributed by atoms with Crippen molar-refractivity contribution < 1.29 is 33.6 Å². The Bertz CT molecular complexity index is 655. The van der Waals surface area contributed by atoms with Gasteiger partial charge in [-0.15, -0.1) is 16.8 Å². The number of hydroxylamine groups is 2. The Morgan fingerprint density at radius 3 is 2.40 bits per heavy atom. The molecule has 0 aromatic carbocycles. The highest BCUT2D eigenvalue weighted by molar-refractivity contribution is 8.00. The number of carbonyl (C=O) groups excluding carboxylic acids is 6. The summed E-state index contributed by atoms with van der Waals surface area (Å²) in [6.45, 7) is 1.55. The maximum Gasteiger partial charge on any atom is 0.333 e. The molecule has 0 bridgehead atoms. The van der Waals surface area contributed by atoms with Crippen LogP contribution in [0.5, 0.6) is 0 Å². The van der Waals surface area contributed by atoms with Gasteiger partial charge in [0.05, 0.1) is 18.3 Å². The fourth-order valence-electron chi connectivity index (χ4n) is 2.53. The summed E-state index contributed by atoms with van der Waals surface area (Å²) < 4.78 is 0. The zero-order chi connectivity index (χ0) is 22.5. The number of hydrogen-bond donors (Lipinski definition) is 3. The van der Waals surface area contributed by atoms with Crippen LogP contribution in [0.3, 0.4) is 0 Å². The fraction of sp³-hybridized carbons (Fsp3) is 0.667. The van der Waals surface area contributed by atoms with Crippen molar-refractivity contribution in [3.8, 4) is 0 Å². The van der Waals surface area contributed by atoms with Crippen LogP contribution in [0.2, 0.25) is 0 Å². The van der Waals surface area contributed by atoms with Crippen molar-refractivity contribution >= 4 is 47.1 Å². The van der Waals surface area contributed by atoms with E-state index in [2.05, 4.69) is 10.6 Å². The Morgan fingerprint density at radius 2 is 1.80 bits per heavy atom. The summed E-state index contributed by atoms with van der Waals surface area (Å²) >= 11 is 1.22. The monoisotopic (exact) mass is 444 g/mol. The van der Waals surface area contributed by atoms with Crippen LogP contribution in [0.25, 0.3) is 0 Å². The molecule has 4 N–H and O–H groups in total. The average Bonchev–Trinajstić information content (AvgIpc) is 3.00. The number of hydrogen-bond acceptors (Lipinski definition) is 9. The number of nitrogens with two attached hydrogens (primary N) is 1. The molecular formula is C18H28N4O7S. The van der Waals surface area contributed by atoms with Gasteiger partial charge in [-0.1, -0.05) is 6.42 Å². The lowest BCUT2D eigenvalue weighted by atomic mass is 10.2. The number of imide groups is 1. The Balaban J connectivity index is 2.09. The smallest absolute Gasteiger partial charge is 0.333 e. The van der Waals surface area contributed by atoms with Crippen LogP contribution in [-0.4, -0.2) is 71.1 Å². The van der Waals surface area contributed by atoms with E-state index in [0.29, 0.717) is 30.9 Å². The largest absolute Gasteiger partial charge is 0.355 e. The predicted octanol–water partition coefficient (Wildman–Crippen LogP) is -0.964. The van der Waals surface area contributed by atoms with E-state index in [0.717, 1.165) is 0 Å². The van der Waals surface area contributed by atoms with Crippen LogP contribution in [0.4, 0.5) is 0 Å². The predicted molar refractivity (Wildman–Crippen MR) is 108 cm³/mol. The summed E-state index contributed by atoms with van der Waals surface area (Å²) in [5.74, 6) is -2.10. The molecule has 1 aliphatic heterocycles. The minimum atomic E-state index is -0.712. The van der Waals surface area contributed by atoms with Gasteiger partial charge in [0.1, 0.15) is 0 Å². The number of rotatable bonds is 14. The third kappa shape index (κ3) is 9.83. The van der Waals surface area contributed by atoms with Crippen molar-refractivity contribution in [3.05, 3.63) is 0 Å². The number of unbranched alkanes of at least 4 members (excludes halogenated alkanes) is 2. The molecule has 0 saturated carbocycles. The first-order valence-electron chi connectivity index (χ1n) is 9.65. The van der Waals surface area contributed by atoms with E-state index in [1.807, 2.05) is 0 Å². The van der Waals surface area contributed by atoms with Gasteiger partial charge in [-0.25, -0.2) is 4.79 Å². The molecule has 11 nitrogen and oxygen atoms in total. The second-order valence-electron chi connectivity index (χ2n) is 6.64. The van der Waals surface area contributed by atoms with E-state index >= 15 is 0 Å². The Hall–Kier alpha value is -2.47. The van der Waals surface area contributed by atoms with Gasteiger partial charge in [0.15, 0.2) is 5.78 Å². The molecule has 0 radical (unpaired) electrons. The summed E-state index contributed by atoms with van der Waals surface area (Å²) in [7, 11) is 0. The summed E-state index contributed by atoms with van der Waals surface area (Å²) in [6.07, 6.45) is 1.98. The molecule has 1 fully saturated rings. The molecule has 1 saturated heterocycles. The van der Waals surface area contributed by atoms with Crippen LogP contribution in [0, 0.1) is 0 Å². The van der Waals surface area contributed by atoms with Crippen molar-refractivity contribution in [2.45, 2.75) is 51.5 Å². The Labute approximate surface area is 178 Å². The number of Topliss-reactive ketones (excluding diaryl/α,β-unsaturated/α-hetero) is 1. The van der Waals surface area contributed by atoms with E-state index in [1.165, 1.54) is 18.7 Å². The number of ketones is 1. The van der Waals surface area contributed by atoms with Crippen molar-refractivity contribution in [1.29, 1.82) is 0 Å². The van der Waals surface area contributed by atoms with Gasteiger partial charge in [0.2, 0.25) is 11.8 Å². The van der Waals surface area contributed by atoms with Gasteiger partial charge in [-0.2, -0.15) is 0 Å². The van der Waals surface area contributed by atoms with Crippen LogP contribution in [0.1, 0.15) is 45.4 Å². The van der Waals surface area contributed by atoms with Crippen LogP contribution in [-0.2, 0) is 33.6 Å². The molecule has 1 aliphatic rings. The van der Waals surface area contributed by atoms with Gasteiger partial charge in [0.25, 0.3) is 11.8 Å². The molecule has 0 aromatic heterocycles. The summed E-state index contributed by atoms with van der Waals surface area (Å²) in [4.78, 5) is 73.7. The normalized spacial score (nSPS) is 14.4. The zero-order valence-electron chi connectivity index (χ0n) is 16.9. The quantitative estimate of drug-likeness (QED) is 0.226. The van der Waals surface area contributed by atoms with E-state index in [4.69, 9.17) is 10.6 Å². The third-order valence-corrected chi connectivity index (χ3v) is 5.10. The first-order chi connectivity index (χ1) is 14.2. The van der Waals surface area contributed by atoms with Gasteiger partial charge in [-0.3, -0.25) is 24.0 Å². The van der Waals surface area contributed by atoms with Gasteiger partial charge in [-0.05, 0) is 12.8 Å². The Morgan fingerprint density at radius 1 is 1.13 bits per heavy atom. The molecule has 1 rings (SSSR count). The van der Waals surface area contributed by atoms with Gasteiger partial charge in [0, 0.05) is 38.5 Å². The maximum absolute atomic E-state index is 11.8. The number of amides is 4. The molecular weight excluding hydrogens is 416 g/mol. The SMILES string of the molecule is CC(=O)NC(CSCC(=O)NCCCCCC(=O)ON1C(=O)CCC1=O)C(=O)CN. The van der Waals surface area contributed by atoms with Crippen LogP contribution < -0.4 is 16.4 Å². The van der Waals surface area contributed by atoms with Crippen molar-refractivity contribution in [1.82, 2.24) is 15.7 Å². The third-order valence-electron chi connectivity index (χ3n) is 4.06. The second kappa shape index (κ2) is 13.7. The summed E-state index contributed by atoms with van der Waals surface area (Å²) in [6, 6.07) is -0.712. The molecule has 1 heterocycles. The van der Waals surface area contributed by atoms with E-state index in [1.54, 1.807) is 0 Å². The van der Waals surface area contributed by atoms with Crippen molar-refractivity contribution in [3.63, 3.8) is 0 Å². The van der Waals surface area contributed by atoms with E-state index < -0.39 is 23.8 Å². The van der Waals surface area contributed by atoms with E-state index in [-0.39, 0.29) is 54.9 Å². The van der Waals surface area contributed by atoms with Crippen molar-refractivity contribution in [2.75, 3.05) is 24.6 Å². The minimum absolute atomic E-state index is 0.0569. The molecule has 4 amide bonds. The highest BCUT2D eigenvalue weighted by atomic mass is 32.2. The maximum atomic E-state index is 11.8. The number of nitrogens with one attached hydrogen (secondary N) is 2. The van der Waals surface area contributed by atoms with Gasteiger partial charge >= 0.3 is 5.97 Å². The first kappa shape index (κ1) is 25.6. The molecule has 0 aliphatic carbocycles. The second-order valence-corrected chi connectivity index (χ2v) is 7.67. The Kier molecular flexibility index (Phi) is 11.7. The fourth-order valence-corrected chi connectivity index (χ4v) is 3.44. The van der Waals surface area contributed by atoms with Crippen molar-refractivity contribution in [2.24, 2.45) is 5.73 Å². The topological polar surface area (TPSA) is 165 Å². The molecule has 12 heteroatoms. The lowest BCUT2D eigenvalue weighted by Gasteiger charge is -2.15. The van der Waals surface area contributed by atoms with Crippen LogP contribution >= 0.6 is 11.8 Å². The standard InChI is InChI=1S/C18H28N4O7S/c1-12(23)21-13(14(24)9-19)10-30-11-15(25)20-8-4-2-3-5-18(28)29-22-16(26)6-7-17(22)27/h13H,2-11,19H2,1H3,(H,20,25)(H,21,23). The van der Waals surface area contributed by atoms with Gasteiger partial charge < -0.3 is 21.2 Å². The molecule has 0 spiro atoms. The van der Waals surface area contributed by atoms with Crippen LogP contribution in [0.15, 0.2) is 0 Å². The molecule has 1 atom stereocenters. The lowest BCUT2D eigenvalue weighted by Crippen LogP contribution is -2.44. The molecule has 30 heavy (non-hydrogen) atoms. The minimum Gasteiger partial charge on any atom is -0.355 e. The zero-order valence-corrected chi connectivity index (χ0v) is 17.8. The summed E-state index contributed by atoms with van der Waals surface area (Å²) in [5, 5.41) is 5.76. The number of nitrogens with zero attached hydrogens (tertiary/aromatic N) is 1. The molecule has 0 aromatic rings. The first-order valence-corrected chi connectivity index (χ1v) is 10.8. The van der Waals surface area contributed by atoms with E-state index in [9.17, 15) is 28.8 Å².